The first-order chi connectivity index (χ1) is 15.6. The maximum atomic E-state index is 14.2. The lowest BCUT2D eigenvalue weighted by atomic mass is 10.00. The second kappa shape index (κ2) is 8.78. The molecule has 0 bridgehead atoms. The highest BCUT2D eigenvalue weighted by molar-refractivity contribution is 7.99. The van der Waals surface area contributed by atoms with Crippen molar-refractivity contribution in [2.24, 2.45) is 0 Å². The maximum Gasteiger partial charge on any atom is 0.170 e. The number of anilines is 1. The van der Waals surface area contributed by atoms with Gasteiger partial charge in [-0.25, -0.2) is 19.3 Å². The van der Waals surface area contributed by atoms with Crippen LogP contribution in [0, 0.1) is 12.7 Å². The lowest BCUT2D eigenvalue weighted by Crippen LogP contribution is -2.09. The van der Waals surface area contributed by atoms with E-state index < -0.39 is 0 Å². The van der Waals surface area contributed by atoms with Crippen molar-refractivity contribution in [1.29, 1.82) is 0 Å². The molecule has 1 aliphatic heterocycles. The highest BCUT2D eigenvalue weighted by Crippen LogP contribution is 2.32. The number of fused-ring (bicyclic) bond motifs is 3. The molecule has 0 amide bonds. The summed E-state index contributed by atoms with van der Waals surface area (Å²) in [6.45, 7) is 3.46. The van der Waals surface area contributed by atoms with E-state index in [1.54, 1.807) is 36.0 Å². The van der Waals surface area contributed by atoms with Gasteiger partial charge in [-0.1, -0.05) is 36.0 Å². The number of halogens is 1. The van der Waals surface area contributed by atoms with Crippen molar-refractivity contribution >= 4 is 28.7 Å². The molecule has 0 fully saturated rings. The zero-order chi connectivity index (χ0) is 22.1. The predicted molar refractivity (Wildman–Crippen MR) is 126 cm³/mol. The molecule has 2 N–H and O–H groups in total. The summed E-state index contributed by atoms with van der Waals surface area (Å²) in [5, 5.41) is 14.7. The molecule has 2 aromatic carbocycles. The number of nitrogens with zero attached hydrogens (tertiary/aromatic N) is 4. The Morgan fingerprint density at radius 1 is 1.09 bits per heavy atom. The number of aromatic nitrogens is 4. The van der Waals surface area contributed by atoms with Crippen molar-refractivity contribution in [3.8, 4) is 16.9 Å². The molecule has 0 saturated carbocycles. The molecule has 1 aliphatic rings. The molecule has 0 unspecified atom stereocenters. The Bertz CT molecular complexity index is 1290. The summed E-state index contributed by atoms with van der Waals surface area (Å²) in [5.41, 5.74) is 3.57. The largest absolute Gasteiger partial charge is 0.507 e. The number of imidazole rings is 1. The minimum absolute atomic E-state index is 0.0666. The molecule has 0 aliphatic carbocycles. The van der Waals surface area contributed by atoms with E-state index in [2.05, 4.69) is 19.9 Å². The van der Waals surface area contributed by atoms with Gasteiger partial charge in [0.25, 0.3) is 0 Å². The number of phenolic OH excluding ortho intramolecular Hbond substituents is 1. The van der Waals surface area contributed by atoms with Gasteiger partial charge in [0.1, 0.15) is 17.4 Å². The van der Waals surface area contributed by atoms with Crippen molar-refractivity contribution in [2.45, 2.75) is 37.9 Å². The van der Waals surface area contributed by atoms with Crippen LogP contribution in [0.3, 0.4) is 0 Å². The third kappa shape index (κ3) is 4.02. The molecule has 5 rings (SSSR count). The van der Waals surface area contributed by atoms with E-state index in [0.29, 0.717) is 29.9 Å². The van der Waals surface area contributed by atoms with Crippen LogP contribution in [0.25, 0.3) is 22.3 Å². The Kier molecular flexibility index (Phi) is 5.70. The van der Waals surface area contributed by atoms with Gasteiger partial charge in [-0.15, -0.1) is 0 Å². The maximum absolute atomic E-state index is 14.2. The number of benzene rings is 2. The summed E-state index contributed by atoms with van der Waals surface area (Å²) < 4.78 is 16.4. The van der Waals surface area contributed by atoms with Gasteiger partial charge in [-0.3, -0.25) is 0 Å². The highest BCUT2D eigenvalue weighted by Gasteiger charge is 2.19. The molecule has 4 aromatic rings. The van der Waals surface area contributed by atoms with Crippen molar-refractivity contribution in [3.05, 3.63) is 59.7 Å². The van der Waals surface area contributed by atoms with E-state index in [9.17, 15) is 9.50 Å². The first kappa shape index (κ1) is 20.8. The van der Waals surface area contributed by atoms with Gasteiger partial charge in [-0.05, 0) is 49.9 Å². The van der Waals surface area contributed by atoms with Gasteiger partial charge in [-0.2, -0.15) is 0 Å². The molecule has 2 aromatic heterocycles. The second-order valence-electron chi connectivity index (χ2n) is 7.90. The third-order valence-electron chi connectivity index (χ3n) is 5.61. The van der Waals surface area contributed by atoms with Crippen molar-refractivity contribution in [1.82, 2.24) is 19.5 Å². The van der Waals surface area contributed by atoms with Gasteiger partial charge in [0, 0.05) is 30.0 Å². The lowest BCUT2D eigenvalue weighted by molar-refractivity contribution is 0.476. The van der Waals surface area contributed by atoms with Crippen molar-refractivity contribution in [3.63, 3.8) is 0 Å². The van der Waals surface area contributed by atoms with Gasteiger partial charge in [0.05, 0.1) is 0 Å². The number of phenols is 1. The number of hydrogen-bond acceptors (Lipinski definition) is 6. The Balaban J connectivity index is 1.37. The minimum Gasteiger partial charge on any atom is -0.507 e. The third-order valence-corrected chi connectivity index (χ3v) is 6.67. The summed E-state index contributed by atoms with van der Waals surface area (Å²) in [5.74, 6) is 2.24. The van der Waals surface area contributed by atoms with E-state index in [1.807, 2.05) is 19.1 Å². The first-order valence-corrected chi connectivity index (χ1v) is 11.8. The molecule has 0 spiro atoms. The topological polar surface area (TPSA) is 75.9 Å². The molecule has 0 saturated heterocycles. The van der Waals surface area contributed by atoms with Crippen LogP contribution < -0.4 is 5.32 Å². The molecular formula is C24H24FN5OS. The fourth-order valence-electron chi connectivity index (χ4n) is 4.02. The molecule has 6 nitrogen and oxygen atoms in total. The number of nitrogens with one attached hydrogen (secondary N) is 1. The Morgan fingerprint density at radius 2 is 1.97 bits per heavy atom. The smallest absolute Gasteiger partial charge is 0.170 e. The zero-order valence-corrected chi connectivity index (χ0v) is 18.6. The molecule has 32 heavy (non-hydrogen) atoms. The molecular weight excluding hydrogens is 425 g/mol. The summed E-state index contributed by atoms with van der Waals surface area (Å²) >= 11 is 1.77. The quantitative estimate of drug-likeness (QED) is 0.437. The summed E-state index contributed by atoms with van der Waals surface area (Å²) in [6, 6.07) is 11.8. The number of aryl methyl sites for hydroxylation is 2. The number of hydrogen-bond donors (Lipinski definition) is 2. The number of rotatable bonds is 5. The average Bonchev–Trinajstić information content (AvgIpc) is 2.96. The second-order valence-corrected chi connectivity index (χ2v) is 8.96. The van der Waals surface area contributed by atoms with E-state index in [4.69, 9.17) is 4.98 Å². The van der Waals surface area contributed by atoms with Crippen LogP contribution in [0.5, 0.6) is 5.75 Å². The van der Waals surface area contributed by atoms with Gasteiger partial charge < -0.3 is 15.0 Å². The summed E-state index contributed by atoms with van der Waals surface area (Å²) in [6.07, 6.45) is 3.00. The van der Waals surface area contributed by atoms with E-state index in [0.717, 1.165) is 46.4 Å². The normalized spacial score (nSPS) is 13.7. The standard InChI is InChI=1S/C24H24FN5OS/c1-15-27-22(21-23(28-15)30-12-4-5-13-32-24(30)29-21)26-11-10-16-8-9-20(31)18(14-16)17-6-2-3-7-19(17)25/h2-3,6-9,14,31H,4-5,10-13H2,1H3,(H,26,27,28). The van der Waals surface area contributed by atoms with Gasteiger partial charge in [0.2, 0.25) is 0 Å². The van der Waals surface area contributed by atoms with Gasteiger partial charge in [0.15, 0.2) is 22.1 Å². The van der Waals surface area contributed by atoms with Crippen molar-refractivity contribution in [2.75, 3.05) is 17.6 Å². The number of thioether (sulfide) groups is 1. The molecule has 164 valence electrons. The van der Waals surface area contributed by atoms with E-state index in [-0.39, 0.29) is 11.6 Å². The fourth-order valence-corrected chi connectivity index (χ4v) is 5.04. The lowest BCUT2D eigenvalue weighted by Gasteiger charge is -2.11. The SMILES string of the molecule is Cc1nc(NCCc2ccc(O)c(-c3ccccc3F)c2)c2nc3n(c2n1)CCCCS3. The Hall–Kier alpha value is -3.13. The van der Waals surface area contributed by atoms with Crippen LogP contribution in [0.4, 0.5) is 10.2 Å². The summed E-state index contributed by atoms with van der Waals surface area (Å²) in [7, 11) is 0. The molecule has 0 atom stereocenters. The predicted octanol–water partition coefficient (Wildman–Crippen LogP) is 5.19. The van der Waals surface area contributed by atoms with E-state index in [1.165, 1.54) is 12.5 Å². The van der Waals surface area contributed by atoms with Crippen LogP contribution in [0.2, 0.25) is 0 Å². The van der Waals surface area contributed by atoms with E-state index >= 15 is 0 Å². The summed E-state index contributed by atoms with van der Waals surface area (Å²) in [4.78, 5) is 14.1. The first-order valence-electron chi connectivity index (χ1n) is 10.8. The van der Waals surface area contributed by atoms with Crippen molar-refractivity contribution < 1.29 is 9.50 Å². The average molecular weight is 450 g/mol. The van der Waals surface area contributed by atoms with Crippen LogP contribution in [0.1, 0.15) is 24.2 Å². The number of aromatic hydroxyl groups is 1. The Morgan fingerprint density at radius 3 is 2.84 bits per heavy atom. The highest BCUT2D eigenvalue weighted by atomic mass is 32.2. The van der Waals surface area contributed by atoms with Crippen LogP contribution >= 0.6 is 11.8 Å². The fraction of sp³-hybridized carbons (Fsp3) is 0.292. The van der Waals surface area contributed by atoms with Crippen LogP contribution in [-0.4, -0.2) is 36.9 Å². The molecule has 3 heterocycles. The van der Waals surface area contributed by atoms with Gasteiger partial charge >= 0.3 is 0 Å². The Labute approximate surface area is 189 Å². The molecule has 8 heteroatoms. The van der Waals surface area contributed by atoms with Crippen LogP contribution in [0.15, 0.2) is 47.6 Å². The molecule has 0 radical (unpaired) electrons. The zero-order valence-electron chi connectivity index (χ0n) is 17.8. The monoisotopic (exact) mass is 449 g/mol. The van der Waals surface area contributed by atoms with Crippen LogP contribution in [-0.2, 0) is 13.0 Å². The minimum atomic E-state index is -0.352.